The van der Waals surface area contributed by atoms with Gasteiger partial charge in [0, 0.05) is 6.20 Å². The third-order valence-electron chi connectivity index (χ3n) is 2.06. The molecule has 16 heavy (non-hydrogen) atoms. The number of nitrogens with two attached hydrogens (primary N) is 1. The largest absolute Gasteiger partial charge is 0.471 e. The van der Waals surface area contributed by atoms with Crippen molar-refractivity contribution in [3.05, 3.63) is 53.2 Å². The normalized spacial score (nSPS) is 10.1. The molecule has 0 spiro atoms. The number of nitrogens with zero attached hydrogens (tertiary/aromatic N) is 1. The highest BCUT2D eigenvalue weighted by molar-refractivity contribution is 6.30. The number of rotatable bonds is 3. The fourth-order valence-electron chi connectivity index (χ4n) is 1.29. The first-order chi connectivity index (χ1) is 7.75. The molecule has 4 heteroatoms. The zero-order chi connectivity index (χ0) is 11.4. The molecule has 1 heterocycles. The van der Waals surface area contributed by atoms with Crippen LogP contribution in [-0.4, -0.2) is 4.98 Å². The lowest BCUT2D eigenvalue weighted by Gasteiger charge is -2.07. The fraction of sp³-hybridized carbons (Fsp3) is 0.0833. The molecular formula is C12H11ClN2O. The maximum atomic E-state index is 5.74. The molecule has 0 aliphatic rings. The smallest absolute Gasteiger partial charge is 0.237 e. The summed E-state index contributed by atoms with van der Waals surface area (Å²) in [6, 6.07) is 11.4. The second-order valence-electron chi connectivity index (χ2n) is 3.32. The first-order valence-electron chi connectivity index (χ1n) is 4.83. The van der Waals surface area contributed by atoms with Crippen molar-refractivity contribution in [2.75, 3.05) is 5.73 Å². The van der Waals surface area contributed by atoms with Gasteiger partial charge in [0.25, 0.3) is 0 Å². The van der Waals surface area contributed by atoms with Crippen LogP contribution in [0, 0.1) is 0 Å². The average Bonchev–Trinajstić information content (AvgIpc) is 2.29. The molecule has 1 aromatic heterocycles. The lowest BCUT2D eigenvalue weighted by molar-refractivity contribution is 0.296. The minimum absolute atomic E-state index is 0.410. The van der Waals surface area contributed by atoms with E-state index in [-0.39, 0.29) is 0 Å². The maximum Gasteiger partial charge on any atom is 0.237 e. The van der Waals surface area contributed by atoms with Gasteiger partial charge in [-0.25, -0.2) is 4.98 Å². The van der Waals surface area contributed by atoms with Crippen LogP contribution in [0.1, 0.15) is 5.56 Å². The van der Waals surface area contributed by atoms with Crippen molar-refractivity contribution < 1.29 is 4.74 Å². The van der Waals surface area contributed by atoms with Crippen LogP contribution in [0.25, 0.3) is 0 Å². The van der Waals surface area contributed by atoms with Gasteiger partial charge in [-0.1, -0.05) is 41.9 Å². The lowest BCUT2D eigenvalue weighted by Crippen LogP contribution is -2.00. The summed E-state index contributed by atoms with van der Waals surface area (Å²) in [5.74, 6) is 0.410. The Hall–Kier alpha value is -1.74. The van der Waals surface area contributed by atoms with Crippen molar-refractivity contribution in [1.29, 1.82) is 0 Å². The van der Waals surface area contributed by atoms with Crippen LogP contribution in [0.3, 0.4) is 0 Å². The van der Waals surface area contributed by atoms with E-state index in [1.54, 1.807) is 6.07 Å². The Balaban J connectivity index is 2.05. The molecule has 0 unspecified atom stereocenters. The zero-order valence-corrected chi connectivity index (χ0v) is 9.32. The van der Waals surface area contributed by atoms with Gasteiger partial charge in [0.15, 0.2) is 0 Å². The molecule has 0 radical (unpaired) electrons. The summed E-state index contributed by atoms with van der Waals surface area (Å²) < 4.78 is 5.48. The van der Waals surface area contributed by atoms with Gasteiger partial charge in [-0.2, -0.15) is 0 Å². The number of nitrogen functional groups attached to an aromatic ring is 1. The molecule has 3 nitrogen and oxygen atoms in total. The number of hydrogen-bond acceptors (Lipinski definition) is 3. The van der Waals surface area contributed by atoms with Crippen molar-refractivity contribution in [1.82, 2.24) is 4.98 Å². The molecule has 2 N–H and O–H groups in total. The Morgan fingerprint density at radius 1 is 1.25 bits per heavy atom. The van der Waals surface area contributed by atoms with Gasteiger partial charge in [-0.05, 0) is 11.6 Å². The molecule has 0 amide bonds. The monoisotopic (exact) mass is 234 g/mol. The quantitative estimate of drug-likeness (QED) is 0.888. The second kappa shape index (κ2) is 4.86. The summed E-state index contributed by atoms with van der Waals surface area (Å²) in [6.07, 6.45) is 1.51. The van der Waals surface area contributed by atoms with Crippen molar-refractivity contribution >= 4 is 17.3 Å². The van der Waals surface area contributed by atoms with Gasteiger partial charge >= 0.3 is 0 Å². The Morgan fingerprint density at radius 2 is 2.00 bits per heavy atom. The summed E-state index contributed by atoms with van der Waals surface area (Å²) >= 11 is 5.74. The van der Waals surface area contributed by atoms with E-state index in [1.165, 1.54) is 6.20 Å². The molecule has 82 valence electrons. The minimum Gasteiger partial charge on any atom is -0.471 e. The minimum atomic E-state index is 0.410. The van der Waals surface area contributed by atoms with Gasteiger partial charge in [-0.3, -0.25) is 0 Å². The van der Waals surface area contributed by atoms with E-state index in [2.05, 4.69) is 4.98 Å². The topological polar surface area (TPSA) is 48.1 Å². The van der Waals surface area contributed by atoms with Crippen LogP contribution in [0.4, 0.5) is 5.69 Å². The second-order valence-corrected chi connectivity index (χ2v) is 3.76. The van der Waals surface area contributed by atoms with Crippen LogP contribution < -0.4 is 10.5 Å². The van der Waals surface area contributed by atoms with Gasteiger partial charge < -0.3 is 10.5 Å². The van der Waals surface area contributed by atoms with Crippen molar-refractivity contribution in [2.24, 2.45) is 0 Å². The molecular weight excluding hydrogens is 224 g/mol. The molecule has 0 atom stereocenters. The fourth-order valence-corrected chi connectivity index (χ4v) is 1.46. The van der Waals surface area contributed by atoms with E-state index in [1.807, 2.05) is 30.3 Å². The van der Waals surface area contributed by atoms with E-state index in [0.29, 0.717) is 23.2 Å². The SMILES string of the molecule is Nc1cc(Cl)cnc1OCc1ccccc1. The van der Waals surface area contributed by atoms with Gasteiger partial charge in [0.05, 0.1) is 10.7 Å². The third-order valence-corrected chi connectivity index (χ3v) is 2.27. The Labute approximate surface area is 98.8 Å². The van der Waals surface area contributed by atoms with Crippen LogP contribution in [-0.2, 0) is 6.61 Å². The Kier molecular flexibility index (Phi) is 3.27. The average molecular weight is 235 g/mol. The molecule has 0 aliphatic carbocycles. The number of ether oxygens (including phenoxy) is 1. The Bertz CT molecular complexity index is 474. The predicted octanol–water partition coefficient (Wildman–Crippen LogP) is 2.90. The Morgan fingerprint density at radius 3 is 2.69 bits per heavy atom. The molecule has 0 fully saturated rings. The van der Waals surface area contributed by atoms with Crippen molar-refractivity contribution in [3.8, 4) is 5.88 Å². The summed E-state index contributed by atoms with van der Waals surface area (Å²) in [4.78, 5) is 4.01. The third kappa shape index (κ3) is 2.64. The van der Waals surface area contributed by atoms with E-state index in [4.69, 9.17) is 22.1 Å². The number of benzene rings is 1. The summed E-state index contributed by atoms with van der Waals surface area (Å²) in [5, 5.41) is 0.504. The number of hydrogen-bond donors (Lipinski definition) is 1. The lowest BCUT2D eigenvalue weighted by atomic mass is 10.2. The summed E-state index contributed by atoms with van der Waals surface area (Å²) in [5.41, 5.74) is 7.23. The molecule has 0 saturated carbocycles. The molecule has 0 bridgehead atoms. The standard InChI is InChI=1S/C12H11ClN2O/c13-10-6-11(14)12(15-7-10)16-8-9-4-2-1-3-5-9/h1-7H,8,14H2. The number of halogens is 1. The highest BCUT2D eigenvalue weighted by atomic mass is 35.5. The van der Waals surface area contributed by atoms with Crippen molar-refractivity contribution in [3.63, 3.8) is 0 Å². The number of anilines is 1. The van der Waals surface area contributed by atoms with Gasteiger partial charge in [-0.15, -0.1) is 0 Å². The highest BCUT2D eigenvalue weighted by Gasteiger charge is 2.02. The first kappa shape index (κ1) is 10.8. The van der Waals surface area contributed by atoms with E-state index in [0.717, 1.165) is 5.56 Å². The molecule has 1 aromatic carbocycles. The summed E-state index contributed by atoms with van der Waals surface area (Å²) in [6.45, 7) is 0.444. The number of pyridine rings is 1. The highest BCUT2D eigenvalue weighted by Crippen LogP contribution is 2.22. The zero-order valence-electron chi connectivity index (χ0n) is 8.56. The number of aromatic nitrogens is 1. The van der Waals surface area contributed by atoms with Crippen LogP contribution >= 0.6 is 11.6 Å². The maximum absolute atomic E-state index is 5.74. The molecule has 2 aromatic rings. The van der Waals surface area contributed by atoms with E-state index < -0.39 is 0 Å². The predicted molar refractivity (Wildman–Crippen MR) is 64.4 cm³/mol. The van der Waals surface area contributed by atoms with Crippen LogP contribution in [0.15, 0.2) is 42.6 Å². The van der Waals surface area contributed by atoms with Gasteiger partial charge in [0.2, 0.25) is 5.88 Å². The van der Waals surface area contributed by atoms with E-state index in [9.17, 15) is 0 Å². The van der Waals surface area contributed by atoms with Crippen LogP contribution in [0.5, 0.6) is 5.88 Å². The van der Waals surface area contributed by atoms with Crippen molar-refractivity contribution in [2.45, 2.75) is 6.61 Å². The summed E-state index contributed by atoms with van der Waals surface area (Å²) in [7, 11) is 0. The molecule has 0 saturated heterocycles. The first-order valence-corrected chi connectivity index (χ1v) is 5.21. The molecule has 2 rings (SSSR count). The molecule has 0 aliphatic heterocycles. The van der Waals surface area contributed by atoms with Gasteiger partial charge in [0.1, 0.15) is 6.61 Å². The van der Waals surface area contributed by atoms with E-state index >= 15 is 0 Å². The van der Waals surface area contributed by atoms with Crippen LogP contribution in [0.2, 0.25) is 5.02 Å².